The molecule has 0 saturated heterocycles. The molecule has 1 amide bonds. The molecule has 0 fully saturated rings. The van der Waals surface area contributed by atoms with E-state index < -0.39 is 17.9 Å². The van der Waals surface area contributed by atoms with Gasteiger partial charge in [0.2, 0.25) is 0 Å². The van der Waals surface area contributed by atoms with Gasteiger partial charge in [0.25, 0.3) is 5.91 Å². The van der Waals surface area contributed by atoms with Crippen LogP contribution in [0.25, 0.3) is 0 Å². The number of ether oxygens (including phenoxy) is 1. The summed E-state index contributed by atoms with van der Waals surface area (Å²) >= 11 is 0. The molecule has 0 aliphatic carbocycles. The molecule has 7 nitrogen and oxygen atoms in total. The van der Waals surface area contributed by atoms with Crippen molar-refractivity contribution in [3.05, 3.63) is 53.9 Å². The van der Waals surface area contributed by atoms with E-state index in [1.54, 1.807) is 23.0 Å². The Balaban J connectivity index is 2.00. The van der Waals surface area contributed by atoms with Crippen LogP contribution in [0.1, 0.15) is 15.9 Å². The minimum absolute atomic E-state index is 0.0849. The number of amides is 1. The first kappa shape index (κ1) is 15.7. The first-order valence-electron chi connectivity index (χ1n) is 6.69. The van der Waals surface area contributed by atoms with Crippen LogP contribution < -0.4 is 5.32 Å². The second kappa shape index (κ2) is 7.37. The van der Waals surface area contributed by atoms with E-state index in [1.165, 1.54) is 7.11 Å². The van der Waals surface area contributed by atoms with Crippen LogP contribution in [0.15, 0.2) is 42.7 Å². The van der Waals surface area contributed by atoms with Crippen LogP contribution in [0, 0.1) is 0 Å². The minimum atomic E-state index is -1.13. The zero-order valence-electron chi connectivity index (χ0n) is 12.1. The van der Waals surface area contributed by atoms with Crippen LogP contribution >= 0.6 is 0 Å². The topological polar surface area (TPSA) is 93.5 Å². The van der Waals surface area contributed by atoms with E-state index in [4.69, 9.17) is 9.84 Å². The Morgan fingerprint density at radius 2 is 2.09 bits per heavy atom. The Morgan fingerprint density at radius 1 is 1.36 bits per heavy atom. The second-order valence-corrected chi connectivity index (χ2v) is 4.72. The predicted octanol–water partition coefficient (Wildman–Crippen LogP) is 0.761. The Hall–Kier alpha value is -2.67. The highest BCUT2D eigenvalue weighted by Crippen LogP contribution is 2.06. The predicted molar refractivity (Wildman–Crippen MR) is 78.5 cm³/mol. The van der Waals surface area contributed by atoms with E-state index in [0.717, 1.165) is 5.56 Å². The monoisotopic (exact) mass is 303 g/mol. The third-order valence-corrected chi connectivity index (χ3v) is 3.06. The maximum absolute atomic E-state index is 12.0. The lowest BCUT2D eigenvalue weighted by Gasteiger charge is -2.13. The van der Waals surface area contributed by atoms with Crippen molar-refractivity contribution in [2.75, 3.05) is 13.7 Å². The van der Waals surface area contributed by atoms with Gasteiger partial charge >= 0.3 is 5.97 Å². The van der Waals surface area contributed by atoms with Crippen molar-refractivity contribution in [2.24, 2.45) is 0 Å². The van der Waals surface area contributed by atoms with Gasteiger partial charge in [-0.2, -0.15) is 5.10 Å². The van der Waals surface area contributed by atoms with Gasteiger partial charge in [-0.3, -0.25) is 9.48 Å². The molecule has 2 rings (SSSR count). The first-order valence-corrected chi connectivity index (χ1v) is 6.69. The van der Waals surface area contributed by atoms with Gasteiger partial charge in [-0.25, -0.2) is 4.79 Å². The van der Waals surface area contributed by atoms with Crippen molar-refractivity contribution in [1.82, 2.24) is 15.1 Å². The van der Waals surface area contributed by atoms with Gasteiger partial charge in [-0.1, -0.05) is 12.1 Å². The average Bonchev–Trinajstić information content (AvgIpc) is 3.00. The summed E-state index contributed by atoms with van der Waals surface area (Å²) in [6.45, 7) is 0.523. The van der Waals surface area contributed by atoms with Gasteiger partial charge in [0, 0.05) is 25.1 Å². The molecule has 1 aromatic heterocycles. The average molecular weight is 303 g/mol. The molecule has 1 atom stereocenters. The van der Waals surface area contributed by atoms with Crippen molar-refractivity contribution in [2.45, 2.75) is 12.6 Å². The molecule has 0 radical (unpaired) electrons. The number of carboxylic acids is 1. The van der Waals surface area contributed by atoms with E-state index in [2.05, 4.69) is 10.4 Å². The zero-order chi connectivity index (χ0) is 15.9. The van der Waals surface area contributed by atoms with E-state index in [1.807, 2.05) is 24.4 Å². The van der Waals surface area contributed by atoms with E-state index in [-0.39, 0.29) is 6.61 Å². The maximum atomic E-state index is 12.0. The SMILES string of the molecule is COCC(NC(=O)c1ccc(Cn2cccn2)cc1)C(=O)O. The Morgan fingerprint density at radius 3 is 2.64 bits per heavy atom. The Bertz CT molecular complexity index is 623. The summed E-state index contributed by atoms with van der Waals surface area (Å²) in [6.07, 6.45) is 3.55. The molecule has 7 heteroatoms. The zero-order valence-corrected chi connectivity index (χ0v) is 12.1. The molecule has 1 unspecified atom stereocenters. The van der Waals surface area contributed by atoms with Crippen LogP contribution in [0.3, 0.4) is 0 Å². The molecule has 116 valence electrons. The maximum Gasteiger partial charge on any atom is 0.328 e. The number of hydrogen-bond donors (Lipinski definition) is 2. The van der Waals surface area contributed by atoms with Crippen molar-refractivity contribution in [3.63, 3.8) is 0 Å². The van der Waals surface area contributed by atoms with Gasteiger partial charge in [-0.05, 0) is 23.8 Å². The molecule has 2 aromatic rings. The Labute approximate surface area is 127 Å². The number of carbonyl (C=O) groups is 2. The summed E-state index contributed by atoms with van der Waals surface area (Å²) in [5.41, 5.74) is 1.39. The summed E-state index contributed by atoms with van der Waals surface area (Å²) in [6, 6.07) is 7.69. The second-order valence-electron chi connectivity index (χ2n) is 4.72. The number of methoxy groups -OCH3 is 1. The van der Waals surface area contributed by atoms with Crippen LogP contribution in [0.2, 0.25) is 0 Å². The number of aliphatic carboxylic acids is 1. The molecule has 0 aliphatic rings. The van der Waals surface area contributed by atoms with Gasteiger partial charge in [0.15, 0.2) is 6.04 Å². The van der Waals surface area contributed by atoms with Crippen molar-refractivity contribution in [3.8, 4) is 0 Å². The fraction of sp³-hybridized carbons (Fsp3) is 0.267. The van der Waals surface area contributed by atoms with E-state index in [9.17, 15) is 9.59 Å². The number of nitrogens with one attached hydrogen (secondary N) is 1. The smallest absolute Gasteiger partial charge is 0.328 e. The molecular weight excluding hydrogens is 286 g/mol. The number of hydrogen-bond acceptors (Lipinski definition) is 4. The third kappa shape index (κ3) is 4.16. The molecule has 1 aromatic carbocycles. The van der Waals surface area contributed by atoms with Crippen LogP contribution in [0.5, 0.6) is 0 Å². The summed E-state index contributed by atoms with van der Waals surface area (Å²) in [5.74, 6) is -1.58. The first-order chi connectivity index (χ1) is 10.6. The lowest BCUT2D eigenvalue weighted by molar-refractivity contribution is -0.140. The van der Waals surface area contributed by atoms with Crippen LogP contribution in [-0.2, 0) is 16.1 Å². The molecule has 0 spiro atoms. The van der Waals surface area contributed by atoms with E-state index >= 15 is 0 Å². The minimum Gasteiger partial charge on any atom is -0.480 e. The van der Waals surface area contributed by atoms with Crippen LogP contribution in [0.4, 0.5) is 0 Å². The van der Waals surface area contributed by atoms with Gasteiger partial charge in [0.05, 0.1) is 13.2 Å². The van der Waals surface area contributed by atoms with E-state index in [0.29, 0.717) is 12.1 Å². The molecule has 0 saturated carbocycles. The number of carbonyl (C=O) groups excluding carboxylic acids is 1. The van der Waals surface area contributed by atoms with Crippen molar-refractivity contribution < 1.29 is 19.4 Å². The molecule has 2 N–H and O–H groups in total. The number of rotatable bonds is 7. The molecule has 0 aliphatic heterocycles. The third-order valence-electron chi connectivity index (χ3n) is 3.06. The summed E-state index contributed by atoms with van der Waals surface area (Å²) < 4.78 is 6.55. The molecular formula is C15H17N3O4. The molecule has 22 heavy (non-hydrogen) atoms. The highest BCUT2D eigenvalue weighted by Gasteiger charge is 2.20. The highest BCUT2D eigenvalue weighted by atomic mass is 16.5. The standard InChI is InChI=1S/C15H17N3O4/c1-22-10-13(15(20)21)17-14(19)12-5-3-11(4-6-12)9-18-8-2-7-16-18/h2-8,13H,9-10H2,1H3,(H,17,19)(H,20,21). The lowest BCUT2D eigenvalue weighted by atomic mass is 10.1. The van der Waals surface area contributed by atoms with Gasteiger partial charge < -0.3 is 15.2 Å². The molecule has 0 bridgehead atoms. The number of benzene rings is 1. The normalized spacial score (nSPS) is 11.9. The number of aromatic nitrogens is 2. The Kier molecular flexibility index (Phi) is 5.26. The van der Waals surface area contributed by atoms with Crippen LogP contribution in [-0.4, -0.2) is 46.5 Å². The number of carboxylic acid groups (broad SMARTS) is 1. The van der Waals surface area contributed by atoms with Crippen molar-refractivity contribution in [1.29, 1.82) is 0 Å². The highest BCUT2D eigenvalue weighted by molar-refractivity contribution is 5.96. The summed E-state index contributed by atoms with van der Waals surface area (Å²) in [4.78, 5) is 23.0. The fourth-order valence-electron chi connectivity index (χ4n) is 1.93. The largest absolute Gasteiger partial charge is 0.480 e. The quantitative estimate of drug-likeness (QED) is 0.787. The van der Waals surface area contributed by atoms with Gasteiger partial charge in [-0.15, -0.1) is 0 Å². The summed E-state index contributed by atoms with van der Waals surface area (Å²) in [5, 5.41) is 15.5. The fourth-order valence-corrected chi connectivity index (χ4v) is 1.93. The summed E-state index contributed by atoms with van der Waals surface area (Å²) in [7, 11) is 1.38. The molecule has 1 heterocycles. The van der Waals surface area contributed by atoms with Gasteiger partial charge in [0.1, 0.15) is 0 Å². The van der Waals surface area contributed by atoms with Crippen molar-refractivity contribution >= 4 is 11.9 Å². The number of nitrogens with zero attached hydrogens (tertiary/aromatic N) is 2. The lowest BCUT2D eigenvalue weighted by Crippen LogP contribution is -2.43.